The number of carbonyl (C=O) groups is 1. The van der Waals surface area contributed by atoms with Gasteiger partial charge in [-0.05, 0) is 64.2 Å². The smallest absolute Gasteiger partial charge is 0.270 e. The number of amides is 1. The zero-order valence-corrected chi connectivity index (χ0v) is 20.5. The van der Waals surface area contributed by atoms with Crippen LogP contribution in [0.5, 0.6) is 0 Å². The molecule has 2 aliphatic rings. The van der Waals surface area contributed by atoms with Gasteiger partial charge in [-0.3, -0.25) is 9.78 Å². The van der Waals surface area contributed by atoms with E-state index in [0.29, 0.717) is 18.8 Å². The Morgan fingerprint density at radius 3 is 3.03 bits per heavy atom. The first kappa shape index (κ1) is 22.4. The fourth-order valence-corrected chi connectivity index (χ4v) is 5.09. The highest BCUT2D eigenvalue weighted by atomic mass is 79.9. The molecule has 7 nitrogen and oxygen atoms in total. The summed E-state index contributed by atoms with van der Waals surface area (Å²) in [6, 6.07) is 7.73. The molecule has 1 saturated heterocycles. The first-order valence-corrected chi connectivity index (χ1v) is 12.3. The van der Waals surface area contributed by atoms with Gasteiger partial charge in [-0.1, -0.05) is 18.7 Å². The van der Waals surface area contributed by atoms with Crippen LogP contribution in [0.1, 0.15) is 34.6 Å². The number of aromatic nitrogens is 4. The van der Waals surface area contributed by atoms with Gasteiger partial charge in [-0.15, -0.1) is 0 Å². The van der Waals surface area contributed by atoms with Crippen LogP contribution in [0.15, 0.2) is 77.8 Å². The Bertz CT molecular complexity index is 1260. The molecule has 2 aliphatic heterocycles. The quantitative estimate of drug-likeness (QED) is 0.519. The van der Waals surface area contributed by atoms with Gasteiger partial charge >= 0.3 is 0 Å². The number of fused-ring (bicyclic) bond motifs is 1. The van der Waals surface area contributed by atoms with Crippen LogP contribution >= 0.6 is 15.9 Å². The molecule has 0 saturated carbocycles. The molecule has 0 bridgehead atoms. The lowest BCUT2D eigenvalue weighted by Gasteiger charge is -2.33. The Morgan fingerprint density at radius 1 is 1.29 bits per heavy atom. The number of halogens is 1. The number of piperidine rings is 1. The summed E-state index contributed by atoms with van der Waals surface area (Å²) in [6.45, 7) is 5.93. The summed E-state index contributed by atoms with van der Waals surface area (Å²) in [4.78, 5) is 19.4. The normalized spacial score (nSPS) is 17.9. The van der Waals surface area contributed by atoms with Crippen molar-refractivity contribution in [1.82, 2.24) is 29.5 Å². The zero-order chi connectivity index (χ0) is 23.5. The lowest BCUT2D eigenvalue weighted by Crippen LogP contribution is -2.41. The summed E-state index contributed by atoms with van der Waals surface area (Å²) < 4.78 is 4.74. The summed E-state index contributed by atoms with van der Waals surface area (Å²) in [7, 11) is 0. The number of likely N-dealkylation sites (tertiary alicyclic amines) is 1. The van der Waals surface area contributed by atoms with Gasteiger partial charge in [0.2, 0.25) is 0 Å². The molecule has 34 heavy (non-hydrogen) atoms. The number of hydrogen-bond acceptors (Lipinski definition) is 4. The molecular formula is C26H27BrN6O. The van der Waals surface area contributed by atoms with Crippen LogP contribution < -0.4 is 5.32 Å². The van der Waals surface area contributed by atoms with Crippen molar-refractivity contribution in [2.24, 2.45) is 5.92 Å². The number of pyridine rings is 1. The topological polar surface area (TPSA) is 68.0 Å². The maximum absolute atomic E-state index is 13.2. The van der Waals surface area contributed by atoms with Crippen molar-refractivity contribution >= 4 is 33.9 Å². The third kappa shape index (κ3) is 4.50. The maximum Gasteiger partial charge on any atom is 0.270 e. The van der Waals surface area contributed by atoms with Gasteiger partial charge in [0.1, 0.15) is 11.5 Å². The van der Waals surface area contributed by atoms with Gasteiger partial charge < -0.3 is 14.8 Å². The SMILES string of the molecule is C=Cn1cccc1C(=O)N1CCCC(C2=CCc3c(Br)cnn3C(NCc3cccnc3)=C2)C1. The standard InChI is InChI=1S/C26H27BrN6O/c1-2-31-12-5-8-24(31)26(34)32-13-4-7-21(18-32)20-9-10-23-22(27)17-30-33(23)25(14-20)29-16-19-6-3-11-28-15-19/h2-3,5-6,8-9,11-12,14-15,17,21,29H,1,4,7,10,13,16,18H2. The third-order valence-electron chi connectivity index (χ3n) is 6.45. The van der Waals surface area contributed by atoms with Crippen LogP contribution in [0.2, 0.25) is 0 Å². The van der Waals surface area contributed by atoms with E-state index in [9.17, 15) is 4.79 Å². The second kappa shape index (κ2) is 9.85. The number of hydrogen-bond donors (Lipinski definition) is 1. The minimum Gasteiger partial charge on any atom is -0.366 e. The molecule has 8 heteroatoms. The van der Waals surface area contributed by atoms with E-state index in [1.54, 1.807) is 17.0 Å². The Kier molecular flexibility index (Phi) is 6.49. The molecule has 0 aliphatic carbocycles. The van der Waals surface area contributed by atoms with Gasteiger partial charge in [0.15, 0.2) is 0 Å². The van der Waals surface area contributed by atoms with Crippen molar-refractivity contribution in [1.29, 1.82) is 0 Å². The molecule has 1 atom stereocenters. The largest absolute Gasteiger partial charge is 0.366 e. The lowest BCUT2D eigenvalue weighted by molar-refractivity contribution is 0.0685. The van der Waals surface area contributed by atoms with Crippen molar-refractivity contribution in [2.45, 2.75) is 25.8 Å². The minimum atomic E-state index is 0.0541. The van der Waals surface area contributed by atoms with Crippen molar-refractivity contribution in [3.63, 3.8) is 0 Å². The van der Waals surface area contributed by atoms with Crippen molar-refractivity contribution in [3.05, 3.63) is 94.8 Å². The van der Waals surface area contributed by atoms with E-state index in [1.165, 1.54) is 5.57 Å². The molecular weight excluding hydrogens is 492 g/mol. The third-order valence-corrected chi connectivity index (χ3v) is 7.11. The first-order valence-electron chi connectivity index (χ1n) is 11.5. The fourth-order valence-electron chi connectivity index (χ4n) is 4.67. The molecule has 5 rings (SSSR count). The predicted octanol–water partition coefficient (Wildman–Crippen LogP) is 4.57. The van der Waals surface area contributed by atoms with Crippen LogP contribution in [-0.2, 0) is 13.0 Å². The maximum atomic E-state index is 13.2. The highest BCUT2D eigenvalue weighted by Gasteiger charge is 2.28. The van der Waals surface area contributed by atoms with Gasteiger partial charge in [-0.25, -0.2) is 4.68 Å². The number of allylic oxidation sites excluding steroid dienone is 2. The molecule has 3 aromatic heterocycles. The van der Waals surface area contributed by atoms with E-state index >= 15 is 0 Å². The molecule has 174 valence electrons. The molecule has 1 unspecified atom stereocenters. The second-order valence-corrected chi connectivity index (χ2v) is 9.43. The molecule has 0 aromatic carbocycles. The molecule has 5 heterocycles. The average molecular weight is 519 g/mol. The van der Waals surface area contributed by atoms with Crippen LogP contribution in [0.25, 0.3) is 12.0 Å². The van der Waals surface area contributed by atoms with E-state index in [1.807, 2.05) is 46.4 Å². The zero-order valence-electron chi connectivity index (χ0n) is 18.9. The number of carbonyl (C=O) groups excluding carboxylic acids is 1. The Morgan fingerprint density at radius 2 is 2.21 bits per heavy atom. The van der Waals surface area contributed by atoms with Crippen LogP contribution in [0.3, 0.4) is 0 Å². The second-order valence-electron chi connectivity index (χ2n) is 8.58. The monoisotopic (exact) mass is 518 g/mol. The summed E-state index contributed by atoms with van der Waals surface area (Å²) in [5.74, 6) is 1.25. The number of nitrogens with one attached hydrogen (secondary N) is 1. The van der Waals surface area contributed by atoms with Crippen molar-refractivity contribution in [2.75, 3.05) is 13.1 Å². The minimum absolute atomic E-state index is 0.0541. The van der Waals surface area contributed by atoms with Crippen molar-refractivity contribution in [3.8, 4) is 0 Å². The van der Waals surface area contributed by atoms with E-state index in [-0.39, 0.29) is 11.8 Å². The molecule has 3 aromatic rings. The van der Waals surface area contributed by atoms with Crippen molar-refractivity contribution < 1.29 is 4.79 Å². The summed E-state index contributed by atoms with van der Waals surface area (Å²) >= 11 is 3.65. The van der Waals surface area contributed by atoms with Gasteiger partial charge in [0.05, 0.1) is 16.4 Å². The fraction of sp³-hybridized carbons (Fsp3) is 0.269. The molecule has 0 spiro atoms. The Hall–Kier alpha value is -3.39. The van der Waals surface area contributed by atoms with Gasteiger partial charge in [0.25, 0.3) is 5.91 Å². The molecule has 1 fully saturated rings. The highest BCUT2D eigenvalue weighted by molar-refractivity contribution is 9.10. The van der Waals surface area contributed by atoms with E-state index in [4.69, 9.17) is 0 Å². The summed E-state index contributed by atoms with van der Waals surface area (Å²) in [6.07, 6.45) is 16.3. The Balaban J connectivity index is 1.39. The van der Waals surface area contributed by atoms with Crippen LogP contribution in [-0.4, -0.2) is 43.2 Å². The van der Waals surface area contributed by atoms with Crippen LogP contribution in [0.4, 0.5) is 0 Å². The molecule has 1 amide bonds. The highest BCUT2D eigenvalue weighted by Crippen LogP contribution is 2.31. The number of rotatable bonds is 6. The number of nitrogens with zero attached hydrogens (tertiary/aromatic N) is 5. The summed E-state index contributed by atoms with van der Waals surface area (Å²) in [5, 5.41) is 8.15. The van der Waals surface area contributed by atoms with E-state index < -0.39 is 0 Å². The Labute approximate surface area is 207 Å². The molecule has 0 radical (unpaired) electrons. The van der Waals surface area contributed by atoms with Gasteiger partial charge in [0, 0.05) is 56.8 Å². The summed E-state index contributed by atoms with van der Waals surface area (Å²) in [5.41, 5.74) is 4.10. The lowest BCUT2D eigenvalue weighted by atomic mass is 9.89. The first-order chi connectivity index (χ1) is 16.6. The van der Waals surface area contributed by atoms with Crippen LogP contribution in [0, 0.1) is 5.92 Å². The predicted molar refractivity (Wildman–Crippen MR) is 137 cm³/mol. The van der Waals surface area contributed by atoms with E-state index in [2.05, 4.69) is 56.1 Å². The van der Waals surface area contributed by atoms with E-state index in [0.717, 1.165) is 47.4 Å². The van der Waals surface area contributed by atoms with Gasteiger partial charge in [-0.2, -0.15) is 5.10 Å². The average Bonchev–Trinajstić information content (AvgIpc) is 3.45. The molecule has 1 N–H and O–H groups in total.